The first kappa shape index (κ1) is 14.9. The van der Waals surface area contributed by atoms with Gasteiger partial charge in [0.05, 0.1) is 23.0 Å². The van der Waals surface area contributed by atoms with E-state index >= 15 is 0 Å². The normalized spacial score (nSPS) is 13.0. The smallest absolute Gasteiger partial charge is 0.0837 e. The van der Waals surface area contributed by atoms with Crippen molar-refractivity contribution in [3.63, 3.8) is 0 Å². The monoisotopic (exact) mass is 361 g/mol. The second-order valence-corrected chi connectivity index (χ2v) is 6.26. The first-order chi connectivity index (χ1) is 8.91. The molecule has 0 aliphatic rings. The first-order valence-corrected chi connectivity index (χ1v) is 7.40. The van der Waals surface area contributed by atoms with Gasteiger partial charge in [-0.05, 0) is 37.6 Å². The van der Waals surface area contributed by atoms with Gasteiger partial charge in [0.25, 0.3) is 0 Å². The van der Waals surface area contributed by atoms with Crippen LogP contribution in [0, 0.1) is 0 Å². The van der Waals surface area contributed by atoms with Gasteiger partial charge in [-0.25, -0.2) is 0 Å². The number of nitrogens with two attached hydrogens (primary N) is 1. The maximum Gasteiger partial charge on any atom is 0.0837 e. The van der Waals surface area contributed by atoms with Crippen molar-refractivity contribution in [3.8, 4) is 0 Å². The summed E-state index contributed by atoms with van der Waals surface area (Å²) in [6.45, 7) is 4.07. The largest absolute Gasteiger partial charge is 0.319 e. The van der Waals surface area contributed by atoms with Gasteiger partial charge >= 0.3 is 0 Å². The zero-order valence-electron chi connectivity index (χ0n) is 10.6. The summed E-state index contributed by atoms with van der Waals surface area (Å²) in [5.41, 5.74) is 8.01. The van der Waals surface area contributed by atoms with Crippen LogP contribution < -0.4 is 5.73 Å². The highest BCUT2D eigenvalue weighted by molar-refractivity contribution is 9.10. The van der Waals surface area contributed by atoms with Crippen LogP contribution in [0.4, 0.5) is 0 Å². The van der Waals surface area contributed by atoms with Crippen molar-refractivity contribution in [2.45, 2.75) is 25.9 Å². The van der Waals surface area contributed by atoms with E-state index in [2.05, 4.69) is 21.0 Å². The lowest BCUT2D eigenvalue weighted by molar-refractivity contribution is 0.499. The first-order valence-electron chi connectivity index (χ1n) is 5.85. The van der Waals surface area contributed by atoms with E-state index < -0.39 is 0 Å². The Labute approximate surface area is 130 Å². The minimum atomic E-state index is -0.384. The third kappa shape index (κ3) is 2.97. The number of aromatic nitrogens is 2. The molecule has 1 atom stereocenters. The number of benzene rings is 1. The number of nitrogens with zero attached hydrogens (tertiary/aromatic N) is 2. The highest BCUT2D eigenvalue weighted by Crippen LogP contribution is 2.33. The van der Waals surface area contributed by atoms with E-state index in [1.54, 1.807) is 6.20 Å². The van der Waals surface area contributed by atoms with Crippen molar-refractivity contribution in [3.05, 3.63) is 50.2 Å². The average Bonchev–Trinajstić information content (AvgIpc) is 2.73. The molecule has 102 valence electrons. The van der Waals surface area contributed by atoms with Crippen LogP contribution >= 0.6 is 39.1 Å². The predicted octanol–water partition coefficient (Wildman–Crippen LogP) is 4.58. The topological polar surface area (TPSA) is 43.8 Å². The molecule has 0 aliphatic heterocycles. The van der Waals surface area contributed by atoms with Crippen LogP contribution in [0.2, 0.25) is 10.0 Å². The molecule has 0 radical (unpaired) electrons. The maximum absolute atomic E-state index is 6.34. The lowest BCUT2D eigenvalue weighted by atomic mass is 10.0. The summed E-state index contributed by atoms with van der Waals surface area (Å²) in [6, 6.07) is 5.33. The number of hydrogen-bond donors (Lipinski definition) is 1. The van der Waals surface area contributed by atoms with Crippen molar-refractivity contribution < 1.29 is 0 Å². The van der Waals surface area contributed by atoms with Crippen LogP contribution in [-0.4, -0.2) is 9.78 Å². The van der Waals surface area contributed by atoms with Crippen LogP contribution in [0.1, 0.15) is 37.2 Å². The average molecular weight is 363 g/mol. The molecule has 0 spiro atoms. The highest BCUT2D eigenvalue weighted by atomic mass is 79.9. The molecule has 2 N–H and O–H groups in total. The van der Waals surface area contributed by atoms with Gasteiger partial charge in [-0.15, -0.1) is 0 Å². The zero-order valence-corrected chi connectivity index (χ0v) is 13.7. The molecule has 0 saturated heterocycles. The summed E-state index contributed by atoms with van der Waals surface area (Å²) < 4.78 is 2.73. The molecule has 1 unspecified atom stereocenters. The molecule has 0 fully saturated rings. The number of halogens is 3. The molecule has 1 aromatic heterocycles. The fraction of sp³-hybridized carbons (Fsp3) is 0.308. The second-order valence-electron chi connectivity index (χ2n) is 4.56. The molecule has 0 bridgehead atoms. The predicted molar refractivity (Wildman–Crippen MR) is 82.8 cm³/mol. The Morgan fingerprint density at radius 3 is 2.63 bits per heavy atom. The van der Waals surface area contributed by atoms with E-state index in [1.165, 1.54) is 0 Å². The quantitative estimate of drug-likeness (QED) is 0.868. The Morgan fingerprint density at radius 1 is 1.32 bits per heavy atom. The molecule has 0 saturated carbocycles. The van der Waals surface area contributed by atoms with Gasteiger partial charge in [0, 0.05) is 15.5 Å². The summed E-state index contributed by atoms with van der Waals surface area (Å²) in [5.74, 6) is 0. The fourth-order valence-corrected chi connectivity index (χ4v) is 2.88. The lowest BCUT2D eigenvalue weighted by Crippen LogP contribution is -2.19. The minimum Gasteiger partial charge on any atom is -0.319 e. The van der Waals surface area contributed by atoms with Gasteiger partial charge in [0.2, 0.25) is 0 Å². The van der Waals surface area contributed by atoms with Gasteiger partial charge < -0.3 is 5.73 Å². The van der Waals surface area contributed by atoms with Crippen LogP contribution in [0.15, 0.2) is 28.9 Å². The second kappa shape index (κ2) is 5.83. The zero-order chi connectivity index (χ0) is 14.2. The van der Waals surface area contributed by atoms with Gasteiger partial charge in [0.15, 0.2) is 0 Å². The molecule has 3 nitrogen and oxygen atoms in total. The van der Waals surface area contributed by atoms with Crippen molar-refractivity contribution in [1.82, 2.24) is 9.78 Å². The van der Waals surface area contributed by atoms with E-state index in [1.807, 2.05) is 36.7 Å². The van der Waals surface area contributed by atoms with Gasteiger partial charge in [-0.2, -0.15) is 5.10 Å². The van der Waals surface area contributed by atoms with Crippen LogP contribution in [0.5, 0.6) is 0 Å². The van der Waals surface area contributed by atoms with Crippen molar-refractivity contribution in [2.24, 2.45) is 5.73 Å². The molecule has 1 heterocycles. The van der Waals surface area contributed by atoms with Crippen LogP contribution in [-0.2, 0) is 0 Å². The molecular weight excluding hydrogens is 349 g/mol. The molecule has 19 heavy (non-hydrogen) atoms. The molecular formula is C13H14BrCl2N3. The number of rotatable bonds is 3. The molecule has 2 aromatic rings. The third-order valence-electron chi connectivity index (χ3n) is 2.86. The van der Waals surface area contributed by atoms with Crippen LogP contribution in [0.25, 0.3) is 0 Å². The Kier molecular flexibility index (Phi) is 4.56. The van der Waals surface area contributed by atoms with E-state index in [4.69, 9.17) is 28.9 Å². The van der Waals surface area contributed by atoms with E-state index in [-0.39, 0.29) is 12.1 Å². The third-order valence-corrected chi connectivity index (χ3v) is 4.11. The lowest BCUT2D eigenvalue weighted by Gasteiger charge is -2.19. The fourth-order valence-electron chi connectivity index (χ4n) is 1.95. The molecule has 0 amide bonds. The Hall–Kier alpha value is -0.550. The van der Waals surface area contributed by atoms with Crippen molar-refractivity contribution in [1.29, 1.82) is 0 Å². The SMILES string of the molecule is CC(C)n1ncc(Cl)c1C(N)c1cc(Cl)ccc1Br. The van der Waals surface area contributed by atoms with E-state index in [0.29, 0.717) is 10.0 Å². The molecule has 0 aliphatic carbocycles. The summed E-state index contributed by atoms with van der Waals surface area (Å²) in [6.07, 6.45) is 1.62. The van der Waals surface area contributed by atoms with Crippen LogP contribution in [0.3, 0.4) is 0 Å². The Bertz CT molecular complexity index is 596. The Morgan fingerprint density at radius 2 is 2.00 bits per heavy atom. The van der Waals surface area contributed by atoms with Crippen molar-refractivity contribution in [2.75, 3.05) is 0 Å². The standard InChI is InChI=1S/C13H14BrCl2N3/c1-7(2)19-13(11(16)6-18-19)12(17)9-5-8(15)3-4-10(9)14/h3-7,12H,17H2,1-2H3. The highest BCUT2D eigenvalue weighted by Gasteiger charge is 2.22. The van der Waals surface area contributed by atoms with Crippen molar-refractivity contribution >= 4 is 39.1 Å². The van der Waals surface area contributed by atoms with Gasteiger partial charge in [-0.3, -0.25) is 4.68 Å². The Balaban J connectivity index is 2.52. The summed E-state index contributed by atoms with van der Waals surface area (Å²) in [5, 5.41) is 5.47. The molecule has 6 heteroatoms. The summed E-state index contributed by atoms with van der Waals surface area (Å²) >= 11 is 15.7. The number of hydrogen-bond acceptors (Lipinski definition) is 2. The van der Waals surface area contributed by atoms with E-state index in [9.17, 15) is 0 Å². The molecule has 2 rings (SSSR count). The summed E-state index contributed by atoms with van der Waals surface area (Å²) in [4.78, 5) is 0. The maximum atomic E-state index is 6.34. The van der Waals surface area contributed by atoms with E-state index in [0.717, 1.165) is 15.7 Å². The summed E-state index contributed by atoms with van der Waals surface area (Å²) in [7, 11) is 0. The molecule has 1 aromatic carbocycles. The van der Waals surface area contributed by atoms with Gasteiger partial charge in [-0.1, -0.05) is 39.1 Å². The minimum absolute atomic E-state index is 0.187. The van der Waals surface area contributed by atoms with Gasteiger partial charge in [0.1, 0.15) is 0 Å².